The molecule has 16 heavy (non-hydrogen) atoms. The highest BCUT2D eigenvalue weighted by Crippen LogP contribution is 2.29. The van der Waals surface area contributed by atoms with Gasteiger partial charge in [0.05, 0.1) is 17.1 Å². The van der Waals surface area contributed by atoms with Crippen LogP contribution >= 0.6 is 0 Å². The van der Waals surface area contributed by atoms with E-state index in [1.54, 1.807) is 0 Å². The first-order valence-electron chi connectivity index (χ1n) is 4.38. The van der Waals surface area contributed by atoms with Crippen molar-refractivity contribution in [3.05, 3.63) is 39.7 Å². The van der Waals surface area contributed by atoms with Crippen molar-refractivity contribution in [3.8, 4) is 0 Å². The molecule has 0 saturated heterocycles. The summed E-state index contributed by atoms with van der Waals surface area (Å²) in [5.74, 6) is -1.10. The topological polar surface area (TPSA) is 104 Å². The van der Waals surface area contributed by atoms with Crippen LogP contribution in [-0.4, -0.2) is 33.0 Å². The van der Waals surface area contributed by atoms with Crippen LogP contribution in [0.2, 0.25) is 0 Å². The SMILES string of the molecule is O=[N+]([O-])c1c(F)cccc1C(O)C(O)CO. The lowest BCUT2D eigenvalue weighted by molar-refractivity contribution is -0.389. The van der Waals surface area contributed by atoms with Crippen LogP contribution in [0.1, 0.15) is 11.7 Å². The van der Waals surface area contributed by atoms with E-state index in [9.17, 15) is 19.6 Å². The predicted octanol–water partition coefficient (Wildman–Crippen LogP) is 0.120. The summed E-state index contributed by atoms with van der Waals surface area (Å²) in [6.45, 7) is -0.783. The smallest absolute Gasteiger partial charge is 0.310 e. The summed E-state index contributed by atoms with van der Waals surface area (Å²) >= 11 is 0. The number of benzene rings is 1. The Morgan fingerprint density at radius 2 is 2.06 bits per heavy atom. The first-order valence-corrected chi connectivity index (χ1v) is 4.38. The van der Waals surface area contributed by atoms with Crippen molar-refractivity contribution < 1.29 is 24.6 Å². The molecule has 0 aliphatic carbocycles. The number of hydrogen-bond donors (Lipinski definition) is 3. The van der Waals surface area contributed by atoms with E-state index in [4.69, 9.17) is 10.2 Å². The molecule has 0 aliphatic rings. The Morgan fingerprint density at radius 1 is 1.44 bits per heavy atom. The average molecular weight is 231 g/mol. The van der Waals surface area contributed by atoms with Gasteiger partial charge in [-0.15, -0.1) is 0 Å². The zero-order valence-corrected chi connectivity index (χ0v) is 8.08. The average Bonchev–Trinajstić information content (AvgIpc) is 2.26. The largest absolute Gasteiger partial charge is 0.394 e. The zero-order valence-electron chi connectivity index (χ0n) is 8.08. The van der Waals surface area contributed by atoms with Crippen LogP contribution in [0.25, 0.3) is 0 Å². The number of nitro benzene ring substituents is 1. The van der Waals surface area contributed by atoms with E-state index in [0.717, 1.165) is 12.1 Å². The Morgan fingerprint density at radius 3 is 2.56 bits per heavy atom. The number of nitro groups is 1. The molecule has 1 rings (SSSR count). The zero-order chi connectivity index (χ0) is 12.3. The highest BCUT2D eigenvalue weighted by atomic mass is 19.1. The molecular formula is C9H10FNO5. The van der Waals surface area contributed by atoms with E-state index >= 15 is 0 Å². The van der Waals surface area contributed by atoms with Crippen molar-refractivity contribution in [3.63, 3.8) is 0 Å². The standard InChI is InChI=1S/C9H10FNO5/c10-6-3-1-2-5(8(6)11(15)16)9(14)7(13)4-12/h1-3,7,9,12-14H,4H2. The molecule has 0 aliphatic heterocycles. The normalized spacial score (nSPS) is 14.5. The third-order valence-electron chi connectivity index (χ3n) is 2.07. The second-order valence-corrected chi connectivity index (χ2v) is 3.13. The number of hydrogen-bond acceptors (Lipinski definition) is 5. The predicted molar refractivity (Wildman–Crippen MR) is 51.1 cm³/mol. The minimum absolute atomic E-state index is 0.369. The maximum Gasteiger partial charge on any atom is 0.310 e. The molecular weight excluding hydrogens is 221 g/mol. The van der Waals surface area contributed by atoms with E-state index < -0.39 is 35.2 Å². The highest BCUT2D eigenvalue weighted by Gasteiger charge is 2.28. The molecule has 0 fully saturated rings. The van der Waals surface area contributed by atoms with Crippen LogP contribution in [0.15, 0.2) is 18.2 Å². The van der Waals surface area contributed by atoms with Gasteiger partial charge in [0.15, 0.2) is 0 Å². The van der Waals surface area contributed by atoms with Gasteiger partial charge in [0.1, 0.15) is 12.2 Å². The lowest BCUT2D eigenvalue weighted by atomic mass is 10.0. The van der Waals surface area contributed by atoms with Gasteiger partial charge in [0.25, 0.3) is 0 Å². The summed E-state index contributed by atoms with van der Waals surface area (Å²) in [6.07, 6.45) is -3.30. The summed E-state index contributed by atoms with van der Waals surface area (Å²) in [6, 6.07) is 3.16. The summed E-state index contributed by atoms with van der Waals surface area (Å²) in [4.78, 5) is 9.58. The van der Waals surface area contributed by atoms with Crippen LogP contribution in [0, 0.1) is 15.9 Å². The monoisotopic (exact) mass is 231 g/mol. The van der Waals surface area contributed by atoms with Crippen molar-refractivity contribution >= 4 is 5.69 Å². The van der Waals surface area contributed by atoms with Gasteiger partial charge in [0, 0.05) is 0 Å². The van der Waals surface area contributed by atoms with Gasteiger partial charge in [-0.25, -0.2) is 0 Å². The maximum absolute atomic E-state index is 13.1. The first-order chi connectivity index (χ1) is 7.49. The van der Waals surface area contributed by atoms with Crippen LogP contribution in [0.5, 0.6) is 0 Å². The first kappa shape index (κ1) is 12.5. The third-order valence-corrected chi connectivity index (χ3v) is 2.07. The van der Waals surface area contributed by atoms with Crippen LogP contribution in [0.3, 0.4) is 0 Å². The lowest BCUT2D eigenvalue weighted by Gasteiger charge is -2.15. The summed E-state index contributed by atoms with van der Waals surface area (Å²) in [5, 5.41) is 37.8. The molecule has 2 unspecified atom stereocenters. The molecule has 2 atom stereocenters. The van der Waals surface area contributed by atoms with Gasteiger partial charge in [-0.1, -0.05) is 6.07 Å². The molecule has 6 nitrogen and oxygen atoms in total. The molecule has 88 valence electrons. The minimum atomic E-state index is -1.71. The van der Waals surface area contributed by atoms with Crippen molar-refractivity contribution in [1.82, 2.24) is 0 Å². The van der Waals surface area contributed by atoms with Crippen molar-refractivity contribution in [2.24, 2.45) is 0 Å². The molecule has 0 saturated carbocycles. The molecule has 0 bridgehead atoms. The van der Waals surface area contributed by atoms with Crippen molar-refractivity contribution in [1.29, 1.82) is 0 Å². The van der Waals surface area contributed by atoms with E-state index in [-0.39, 0.29) is 5.56 Å². The molecule has 1 aromatic carbocycles. The fourth-order valence-corrected chi connectivity index (χ4v) is 1.27. The Labute approximate surface area is 89.7 Å². The number of rotatable bonds is 4. The minimum Gasteiger partial charge on any atom is -0.394 e. The quantitative estimate of drug-likeness (QED) is 0.504. The maximum atomic E-state index is 13.1. The fourth-order valence-electron chi connectivity index (χ4n) is 1.27. The summed E-state index contributed by atoms with van der Waals surface area (Å²) in [7, 11) is 0. The molecule has 1 aromatic rings. The van der Waals surface area contributed by atoms with Crippen LogP contribution in [0.4, 0.5) is 10.1 Å². The van der Waals surface area contributed by atoms with Gasteiger partial charge in [-0.2, -0.15) is 4.39 Å². The van der Waals surface area contributed by atoms with E-state index in [0.29, 0.717) is 0 Å². The van der Waals surface area contributed by atoms with E-state index in [1.165, 1.54) is 6.07 Å². The number of nitrogens with zero attached hydrogens (tertiary/aromatic N) is 1. The Kier molecular flexibility index (Phi) is 3.88. The van der Waals surface area contributed by atoms with Crippen molar-refractivity contribution in [2.75, 3.05) is 6.61 Å². The molecule has 0 heterocycles. The second-order valence-electron chi connectivity index (χ2n) is 3.13. The number of halogens is 1. The number of para-hydroxylation sites is 1. The Hall–Kier alpha value is -1.57. The van der Waals surface area contributed by atoms with Gasteiger partial charge >= 0.3 is 5.69 Å². The third kappa shape index (κ3) is 2.32. The molecule has 3 N–H and O–H groups in total. The van der Waals surface area contributed by atoms with Crippen LogP contribution < -0.4 is 0 Å². The lowest BCUT2D eigenvalue weighted by Crippen LogP contribution is -2.23. The second kappa shape index (κ2) is 4.97. The van der Waals surface area contributed by atoms with Gasteiger partial charge in [0.2, 0.25) is 5.82 Å². The molecule has 0 amide bonds. The summed E-state index contributed by atoms with van der Waals surface area (Å²) < 4.78 is 13.1. The Balaban J connectivity index is 3.22. The highest BCUT2D eigenvalue weighted by molar-refractivity contribution is 5.43. The summed E-state index contributed by atoms with van der Waals surface area (Å²) in [5.41, 5.74) is -1.27. The van der Waals surface area contributed by atoms with Crippen molar-refractivity contribution in [2.45, 2.75) is 12.2 Å². The van der Waals surface area contributed by atoms with Crippen LogP contribution in [-0.2, 0) is 0 Å². The molecule has 0 spiro atoms. The molecule has 7 heteroatoms. The van der Waals surface area contributed by atoms with Gasteiger partial charge in [-0.3, -0.25) is 10.1 Å². The van der Waals surface area contributed by atoms with Gasteiger partial charge < -0.3 is 15.3 Å². The number of aliphatic hydroxyl groups excluding tert-OH is 3. The van der Waals surface area contributed by atoms with E-state index in [2.05, 4.69) is 0 Å². The molecule has 0 radical (unpaired) electrons. The number of aliphatic hydroxyl groups is 3. The van der Waals surface area contributed by atoms with Gasteiger partial charge in [-0.05, 0) is 12.1 Å². The fraction of sp³-hybridized carbons (Fsp3) is 0.333. The van der Waals surface area contributed by atoms with E-state index in [1.807, 2.05) is 0 Å². The molecule has 0 aromatic heterocycles. The Bertz CT molecular complexity index is 397.